The average Bonchev–Trinajstić information content (AvgIpc) is 2.88. The Bertz CT molecular complexity index is 1100. The third kappa shape index (κ3) is 1.33. The van der Waals surface area contributed by atoms with E-state index in [4.69, 9.17) is 0 Å². The van der Waals surface area contributed by atoms with Crippen molar-refractivity contribution < 1.29 is 4.79 Å². The molecule has 5 rings (SSSR count). The Kier molecular flexibility index (Phi) is 2.09. The van der Waals surface area contributed by atoms with Crippen molar-refractivity contribution in [3.05, 3.63) is 71.8 Å². The zero-order chi connectivity index (χ0) is 14.7. The molecule has 4 aromatic rings. The SMILES string of the molecule is O=C1c2ccccc2-c2nnc3ccc4ccccc4c3c21. The highest BCUT2D eigenvalue weighted by molar-refractivity contribution is 6.29. The Morgan fingerprint density at radius 1 is 0.727 bits per heavy atom. The van der Waals surface area contributed by atoms with Crippen LogP contribution in [0.5, 0.6) is 0 Å². The molecule has 0 unspecified atom stereocenters. The number of fused-ring (bicyclic) bond motifs is 7. The van der Waals surface area contributed by atoms with Crippen molar-refractivity contribution in [2.75, 3.05) is 0 Å². The van der Waals surface area contributed by atoms with Crippen LogP contribution in [0.2, 0.25) is 0 Å². The Hall–Kier alpha value is -3.07. The Balaban J connectivity index is 2.03. The summed E-state index contributed by atoms with van der Waals surface area (Å²) < 4.78 is 0. The summed E-state index contributed by atoms with van der Waals surface area (Å²) in [5.41, 5.74) is 3.74. The minimum atomic E-state index is 0.0434. The zero-order valence-corrected chi connectivity index (χ0v) is 11.6. The fourth-order valence-electron chi connectivity index (χ4n) is 3.31. The van der Waals surface area contributed by atoms with Crippen molar-refractivity contribution in [3.63, 3.8) is 0 Å². The van der Waals surface area contributed by atoms with E-state index < -0.39 is 0 Å². The number of carbonyl (C=O) groups excluding carboxylic acids is 1. The van der Waals surface area contributed by atoms with Gasteiger partial charge in [-0.25, -0.2) is 0 Å². The van der Waals surface area contributed by atoms with Gasteiger partial charge in [-0.15, -0.1) is 10.2 Å². The summed E-state index contributed by atoms with van der Waals surface area (Å²) in [6.45, 7) is 0. The van der Waals surface area contributed by atoms with Crippen molar-refractivity contribution in [2.45, 2.75) is 0 Å². The summed E-state index contributed by atoms with van der Waals surface area (Å²) in [6.07, 6.45) is 0. The molecule has 0 saturated heterocycles. The first kappa shape index (κ1) is 11.6. The number of benzene rings is 3. The van der Waals surface area contributed by atoms with E-state index in [0.29, 0.717) is 16.8 Å². The monoisotopic (exact) mass is 282 g/mol. The standard InChI is InChI=1S/C19H10N2O/c22-19-14-8-4-3-7-13(14)18-17(19)16-12-6-2-1-5-11(12)9-10-15(16)20-21-18/h1-10H. The van der Waals surface area contributed by atoms with Crippen LogP contribution in [-0.4, -0.2) is 16.0 Å². The number of hydrogen-bond acceptors (Lipinski definition) is 3. The fourth-order valence-corrected chi connectivity index (χ4v) is 3.31. The quantitative estimate of drug-likeness (QED) is 0.403. The second-order valence-electron chi connectivity index (χ2n) is 5.48. The molecule has 3 aromatic carbocycles. The predicted molar refractivity (Wildman–Crippen MR) is 85.9 cm³/mol. The molecule has 102 valence electrons. The average molecular weight is 282 g/mol. The summed E-state index contributed by atoms with van der Waals surface area (Å²) in [5.74, 6) is 0.0434. The predicted octanol–water partition coefficient (Wildman–Crippen LogP) is 3.99. The van der Waals surface area contributed by atoms with Gasteiger partial charge in [-0.2, -0.15) is 0 Å². The van der Waals surface area contributed by atoms with Gasteiger partial charge in [0, 0.05) is 16.5 Å². The number of nitrogens with zero attached hydrogens (tertiary/aromatic N) is 2. The van der Waals surface area contributed by atoms with E-state index in [2.05, 4.69) is 10.2 Å². The third-order valence-corrected chi connectivity index (χ3v) is 4.31. The number of rotatable bonds is 0. The lowest BCUT2D eigenvalue weighted by molar-refractivity contribution is 0.104. The first-order chi connectivity index (χ1) is 10.8. The lowest BCUT2D eigenvalue weighted by Crippen LogP contribution is -1.99. The summed E-state index contributed by atoms with van der Waals surface area (Å²) in [7, 11) is 0. The van der Waals surface area contributed by atoms with Crippen molar-refractivity contribution in [1.82, 2.24) is 10.2 Å². The molecule has 0 bridgehead atoms. The molecule has 0 N–H and O–H groups in total. The molecule has 0 saturated carbocycles. The maximum absolute atomic E-state index is 12.9. The van der Waals surface area contributed by atoms with Gasteiger partial charge in [0.1, 0.15) is 5.69 Å². The van der Waals surface area contributed by atoms with Crippen molar-refractivity contribution >= 4 is 27.5 Å². The molecule has 0 radical (unpaired) electrons. The molecule has 3 heteroatoms. The van der Waals surface area contributed by atoms with Gasteiger partial charge in [0.2, 0.25) is 0 Å². The Morgan fingerprint density at radius 2 is 1.50 bits per heavy atom. The molecule has 1 aliphatic carbocycles. The van der Waals surface area contributed by atoms with E-state index >= 15 is 0 Å². The molecule has 1 aromatic heterocycles. The van der Waals surface area contributed by atoms with Crippen molar-refractivity contribution in [1.29, 1.82) is 0 Å². The molecule has 0 fully saturated rings. The lowest BCUT2D eigenvalue weighted by atomic mass is 9.99. The van der Waals surface area contributed by atoms with Gasteiger partial charge in [-0.05, 0) is 16.8 Å². The molecular weight excluding hydrogens is 272 g/mol. The largest absolute Gasteiger partial charge is 0.288 e. The van der Waals surface area contributed by atoms with Gasteiger partial charge in [0.05, 0.1) is 11.1 Å². The van der Waals surface area contributed by atoms with E-state index in [-0.39, 0.29) is 5.78 Å². The molecule has 0 spiro atoms. The highest BCUT2D eigenvalue weighted by Gasteiger charge is 2.30. The highest BCUT2D eigenvalue weighted by atomic mass is 16.1. The van der Waals surface area contributed by atoms with Crippen LogP contribution in [0.15, 0.2) is 60.7 Å². The number of hydrogen-bond donors (Lipinski definition) is 0. The Morgan fingerprint density at radius 3 is 2.41 bits per heavy atom. The number of aromatic nitrogens is 2. The van der Waals surface area contributed by atoms with Crippen molar-refractivity contribution in [2.24, 2.45) is 0 Å². The maximum Gasteiger partial charge on any atom is 0.196 e. The van der Waals surface area contributed by atoms with Crippen LogP contribution in [0.3, 0.4) is 0 Å². The summed E-state index contributed by atoms with van der Waals surface area (Å²) in [4.78, 5) is 12.9. The van der Waals surface area contributed by atoms with Crippen LogP contribution < -0.4 is 0 Å². The van der Waals surface area contributed by atoms with Crippen molar-refractivity contribution in [3.8, 4) is 11.3 Å². The van der Waals surface area contributed by atoms with E-state index in [1.807, 2.05) is 60.7 Å². The lowest BCUT2D eigenvalue weighted by Gasteiger charge is -2.06. The number of ketones is 1. The normalized spacial score (nSPS) is 12.6. The highest BCUT2D eigenvalue weighted by Crippen LogP contribution is 2.39. The molecule has 1 aliphatic rings. The molecule has 1 heterocycles. The maximum atomic E-state index is 12.9. The molecular formula is C19H10N2O. The molecule has 0 atom stereocenters. The summed E-state index contributed by atoms with van der Waals surface area (Å²) in [5, 5.41) is 11.7. The van der Waals surface area contributed by atoms with Crippen LogP contribution in [-0.2, 0) is 0 Å². The van der Waals surface area contributed by atoms with Gasteiger partial charge in [-0.3, -0.25) is 4.79 Å². The van der Waals surface area contributed by atoms with Gasteiger partial charge in [0.15, 0.2) is 5.78 Å². The fraction of sp³-hybridized carbons (Fsp3) is 0. The van der Waals surface area contributed by atoms with Crippen LogP contribution in [0, 0.1) is 0 Å². The second kappa shape index (κ2) is 3.98. The molecule has 22 heavy (non-hydrogen) atoms. The van der Waals surface area contributed by atoms with E-state index in [1.165, 1.54) is 0 Å². The second-order valence-corrected chi connectivity index (χ2v) is 5.48. The summed E-state index contributed by atoms with van der Waals surface area (Å²) in [6, 6.07) is 19.6. The smallest absolute Gasteiger partial charge is 0.196 e. The van der Waals surface area contributed by atoms with Gasteiger partial charge < -0.3 is 0 Å². The first-order valence-corrected chi connectivity index (χ1v) is 7.17. The van der Waals surface area contributed by atoms with E-state index in [9.17, 15) is 4.79 Å². The van der Waals surface area contributed by atoms with Gasteiger partial charge in [-0.1, -0.05) is 54.6 Å². The molecule has 0 amide bonds. The third-order valence-electron chi connectivity index (χ3n) is 4.31. The Labute approximate surface area is 126 Å². The topological polar surface area (TPSA) is 42.9 Å². The van der Waals surface area contributed by atoms with Gasteiger partial charge >= 0.3 is 0 Å². The van der Waals surface area contributed by atoms with Crippen LogP contribution >= 0.6 is 0 Å². The molecule has 3 nitrogen and oxygen atoms in total. The van der Waals surface area contributed by atoms with E-state index in [0.717, 1.165) is 27.2 Å². The van der Waals surface area contributed by atoms with Crippen LogP contribution in [0.25, 0.3) is 32.9 Å². The summed E-state index contributed by atoms with van der Waals surface area (Å²) >= 11 is 0. The minimum Gasteiger partial charge on any atom is -0.288 e. The van der Waals surface area contributed by atoms with Crippen LogP contribution in [0.4, 0.5) is 0 Å². The van der Waals surface area contributed by atoms with E-state index in [1.54, 1.807) is 0 Å². The minimum absolute atomic E-state index is 0.0434. The zero-order valence-electron chi connectivity index (χ0n) is 11.6. The molecule has 0 aliphatic heterocycles. The van der Waals surface area contributed by atoms with Gasteiger partial charge in [0.25, 0.3) is 0 Å². The first-order valence-electron chi connectivity index (χ1n) is 7.17. The van der Waals surface area contributed by atoms with Crippen LogP contribution in [0.1, 0.15) is 15.9 Å². The number of carbonyl (C=O) groups is 1.